The normalized spacial score (nSPS) is 15.0. The topological polar surface area (TPSA) is 68.3 Å². The van der Waals surface area contributed by atoms with Gasteiger partial charge in [0.1, 0.15) is 5.57 Å². The van der Waals surface area contributed by atoms with Crippen molar-refractivity contribution in [1.82, 2.24) is 0 Å². The molecule has 11 rings (SSSR count). The second kappa shape index (κ2) is 14.2. The van der Waals surface area contributed by atoms with Gasteiger partial charge in [-0.1, -0.05) is 146 Å². The zero-order valence-electron chi connectivity index (χ0n) is 33.5. The number of fused-ring (bicyclic) bond motifs is 13. The lowest BCUT2D eigenvalue weighted by molar-refractivity contribution is -0.172. The van der Waals surface area contributed by atoms with Gasteiger partial charge < -0.3 is 0 Å². The number of allylic oxidation sites excluding steroid dienone is 1. The van der Waals surface area contributed by atoms with E-state index >= 15 is 16.8 Å². The molecule has 65 heavy (non-hydrogen) atoms. The summed E-state index contributed by atoms with van der Waals surface area (Å²) < 4.78 is 149. The lowest BCUT2D eigenvalue weighted by Gasteiger charge is -2.22. The van der Waals surface area contributed by atoms with Gasteiger partial charge in [-0.15, -0.1) is 0 Å². The maximum Gasteiger partial charge on any atom is 0.421 e. The van der Waals surface area contributed by atoms with Crippen LogP contribution in [-0.2, 0) is 19.7 Å². The Hall–Kier alpha value is -7.02. The van der Waals surface area contributed by atoms with E-state index in [0.717, 1.165) is 10.8 Å². The van der Waals surface area contributed by atoms with Crippen LogP contribution in [0.25, 0.3) is 98.0 Å². The van der Waals surface area contributed by atoms with Crippen LogP contribution in [0.1, 0.15) is 0 Å². The van der Waals surface area contributed by atoms with Gasteiger partial charge >= 0.3 is 12.4 Å². The third-order valence-corrected chi connectivity index (χ3v) is 17.5. The maximum absolute atomic E-state index is 15.9. The van der Waals surface area contributed by atoms with Crippen molar-refractivity contribution in [3.05, 3.63) is 182 Å². The zero-order chi connectivity index (χ0) is 45.2. The number of benzene rings is 10. The van der Waals surface area contributed by atoms with Gasteiger partial charge in [-0.2, -0.15) is 26.3 Å². The van der Waals surface area contributed by atoms with Crippen LogP contribution in [-0.4, -0.2) is 33.8 Å². The third kappa shape index (κ3) is 6.18. The monoisotopic (exact) mass is 908 g/mol. The summed E-state index contributed by atoms with van der Waals surface area (Å²) in [7, 11) is -11.6. The fourth-order valence-electron chi connectivity index (χ4n) is 9.76. The third-order valence-electron chi connectivity index (χ3n) is 12.5. The highest BCUT2D eigenvalue weighted by Crippen LogP contribution is 2.56. The largest absolute Gasteiger partial charge is 0.421 e. The van der Waals surface area contributed by atoms with Crippen molar-refractivity contribution in [3.63, 3.8) is 0 Å². The van der Waals surface area contributed by atoms with E-state index in [9.17, 15) is 26.3 Å². The first-order valence-electron chi connectivity index (χ1n) is 20.3. The summed E-state index contributed by atoms with van der Waals surface area (Å²) in [6.07, 6.45) is -13.1. The molecule has 0 amide bonds. The summed E-state index contributed by atoms with van der Waals surface area (Å²) in [6.45, 7) is 0. The fraction of sp³-hybridized carbons (Fsp3) is 0.0566. The minimum atomic E-state index is -6.21. The molecule has 0 fully saturated rings. The molecule has 10 aromatic carbocycles. The Morgan fingerprint density at radius 3 is 1.00 bits per heavy atom. The molecule has 0 aromatic heterocycles. The van der Waals surface area contributed by atoms with Crippen molar-refractivity contribution >= 4 is 84.3 Å². The van der Waals surface area contributed by atoms with E-state index in [2.05, 4.69) is 0 Å². The molecule has 0 unspecified atom stereocenters. The Kier molecular flexibility index (Phi) is 8.92. The van der Waals surface area contributed by atoms with E-state index < -0.39 is 58.0 Å². The Balaban J connectivity index is 1.43. The first-order valence-corrected chi connectivity index (χ1v) is 23.4. The number of hydrogen-bond donors (Lipinski definition) is 0. The van der Waals surface area contributed by atoms with Crippen LogP contribution in [0.15, 0.2) is 191 Å². The van der Waals surface area contributed by atoms with Gasteiger partial charge in [0.2, 0.25) is 19.7 Å². The van der Waals surface area contributed by atoms with Gasteiger partial charge in [0.15, 0.2) is 4.58 Å². The average Bonchev–Trinajstić information content (AvgIpc) is 3.34. The first kappa shape index (κ1) is 40.7. The van der Waals surface area contributed by atoms with Crippen LogP contribution in [0.5, 0.6) is 0 Å². The predicted molar refractivity (Wildman–Crippen MR) is 246 cm³/mol. The van der Waals surface area contributed by atoms with Crippen LogP contribution in [0.3, 0.4) is 0 Å². The lowest BCUT2D eigenvalue weighted by Crippen LogP contribution is -2.34. The van der Waals surface area contributed by atoms with E-state index in [1.807, 2.05) is 36.4 Å². The van der Waals surface area contributed by atoms with Crippen LogP contribution in [0.4, 0.5) is 26.3 Å². The minimum Gasteiger partial charge on any atom is -0.222 e. The van der Waals surface area contributed by atoms with E-state index in [4.69, 9.17) is 0 Å². The number of halogens is 6. The number of rotatable bonds is 3. The van der Waals surface area contributed by atoms with Crippen molar-refractivity contribution in [3.8, 4) is 33.4 Å². The van der Waals surface area contributed by atoms with Crippen molar-refractivity contribution in [2.75, 3.05) is 0 Å². The van der Waals surface area contributed by atoms with Gasteiger partial charge in [-0.05, 0) is 106 Å². The molecule has 1 heterocycles. The summed E-state index contributed by atoms with van der Waals surface area (Å²) in [5.41, 5.74) is -3.20. The highest BCUT2D eigenvalue weighted by molar-refractivity contribution is 8.09. The predicted octanol–water partition coefficient (Wildman–Crippen LogP) is 14.5. The highest BCUT2D eigenvalue weighted by Gasteiger charge is 2.55. The van der Waals surface area contributed by atoms with E-state index in [-0.39, 0.29) is 44.2 Å². The standard InChI is InChI=1S/C53H30F6O4S2/c54-52(55,56)46(53(57,58)59)29-47-64(60,61)50-44(42-25-30-13-1-5-17-34(30)38-21-9-11-23-40(38)42)27-32-15-3-7-19-36(32)48(50)49-37-20-8-4-16-33(37)28-45(51(49)65(47,62)63)43-26-31-14-2-6-18-35(31)39-22-10-12-24-41(39)43/h1-29,47H. The van der Waals surface area contributed by atoms with Gasteiger partial charge in [0.25, 0.3) is 0 Å². The smallest absolute Gasteiger partial charge is 0.222 e. The average molecular weight is 909 g/mol. The number of hydrogen-bond acceptors (Lipinski definition) is 4. The quantitative estimate of drug-likeness (QED) is 0.101. The molecule has 0 saturated heterocycles. The van der Waals surface area contributed by atoms with Crippen molar-refractivity contribution in [2.24, 2.45) is 0 Å². The van der Waals surface area contributed by atoms with Crippen molar-refractivity contribution in [1.29, 1.82) is 0 Å². The highest BCUT2D eigenvalue weighted by atomic mass is 32.3. The van der Waals surface area contributed by atoms with E-state index in [1.54, 1.807) is 121 Å². The summed E-state index contributed by atoms with van der Waals surface area (Å²) in [5.74, 6) is 0. The molecule has 4 nitrogen and oxygen atoms in total. The molecule has 0 saturated carbocycles. The molecular weight excluding hydrogens is 879 g/mol. The number of sulfone groups is 2. The van der Waals surface area contributed by atoms with E-state index in [0.29, 0.717) is 43.1 Å². The maximum atomic E-state index is 15.9. The van der Waals surface area contributed by atoms with Crippen molar-refractivity contribution < 1.29 is 43.2 Å². The Morgan fingerprint density at radius 1 is 0.369 bits per heavy atom. The molecule has 0 N–H and O–H groups in total. The van der Waals surface area contributed by atoms with Crippen molar-refractivity contribution in [2.45, 2.75) is 26.7 Å². The molecule has 0 atom stereocenters. The van der Waals surface area contributed by atoms with Gasteiger partial charge in [0, 0.05) is 22.3 Å². The molecule has 1 aliphatic rings. The molecule has 0 bridgehead atoms. The second-order valence-electron chi connectivity index (χ2n) is 16.1. The summed E-state index contributed by atoms with van der Waals surface area (Å²) in [4.78, 5) is -1.43. The fourth-order valence-corrected chi connectivity index (χ4v) is 14.7. The second-order valence-corrected chi connectivity index (χ2v) is 20.4. The van der Waals surface area contributed by atoms with Crippen LogP contribution >= 0.6 is 0 Å². The SMILES string of the molecule is O=S1(=O)c2c(-c3cc4ccccc4c4ccccc34)cc3ccccc3c2-c2c(c(-c3cc4ccccc4c4ccccc34)cc3ccccc23)S(=O)(=O)C1C=C(C(F)(F)F)C(F)(F)F. The molecule has 0 aliphatic carbocycles. The molecule has 0 spiro atoms. The molecule has 320 valence electrons. The molecule has 1 aliphatic heterocycles. The van der Waals surface area contributed by atoms with Crippen LogP contribution in [0.2, 0.25) is 0 Å². The summed E-state index contributed by atoms with van der Waals surface area (Å²) in [5, 5.41) is 6.66. The first-order chi connectivity index (χ1) is 31.0. The molecule has 10 aromatic rings. The Bertz CT molecular complexity index is 3710. The van der Waals surface area contributed by atoms with E-state index in [1.165, 1.54) is 12.1 Å². The van der Waals surface area contributed by atoms with Crippen LogP contribution in [0, 0.1) is 0 Å². The number of alkyl halides is 6. The molecule has 12 heteroatoms. The molecule has 0 radical (unpaired) electrons. The molecular formula is C53H30F6O4S2. The zero-order valence-corrected chi connectivity index (χ0v) is 35.2. The van der Waals surface area contributed by atoms with Gasteiger partial charge in [0.05, 0.1) is 9.79 Å². The lowest BCUT2D eigenvalue weighted by atomic mass is 9.85. The van der Waals surface area contributed by atoms with Crippen LogP contribution < -0.4 is 0 Å². The van der Waals surface area contributed by atoms with Gasteiger partial charge in [-0.25, -0.2) is 16.8 Å². The van der Waals surface area contributed by atoms with Gasteiger partial charge in [-0.3, -0.25) is 0 Å². The Labute approximate surface area is 367 Å². The Morgan fingerprint density at radius 2 is 0.646 bits per heavy atom. The summed E-state index contributed by atoms with van der Waals surface area (Å²) >= 11 is 0. The minimum absolute atomic E-state index is 0.0895. The summed E-state index contributed by atoms with van der Waals surface area (Å²) in [6, 6.07) is 48.5.